The van der Waals surface area contributed by atoms with E-state index in [2.05, 4.69) is 5.32 Å². The van der Waals surface area contributed by atoms with Crippen LogP contribution in [-0.2, 0) is 6.54 Å². The molecule has 2 aromatic heterocycles. The summed E-state index contributed by atoms with van der Waals surface area (Å²) in [4.78, 5) is 11.3. The van der Waals surface area contributed by atoms with Crippen LogP contribution >= 0.6 is 22.7 Å². The Hall–Kier alpha value is -1.33. The first-order chi connectivity index (χ1) is 7.34. The topological polar surface area (TPSA) is 38.3 Å². The lowest BCUT2D eigenvalue weighted by Crippen LogP contribution is -2.25. The van der Waals surface area contributed by atoms with Crippen LogP contribution in [0.1, 0.15) is 5.56 Å². The standard InChI is InChI=1S/C10H9NO2S2/c12-10(13-9-2-1-4-15-9)11-6-8-3-5-14-7-8/h1-5,7H,6H2,(H,11,12). The minimum absolute atomic E-state index is 0.413. The number of carbonyl (C=O) groups excluding carboxylic acids is 1. The van der Waals surface area contributed by atoms with Crippen LogP contribution in [0.5, 0.6) is 5.06 Å². The minimum atomic E-state index is -0.413. The lowest BCUT2D eigenvalue weighted by atomic mass is 10.3. The van der Waals surface area contributed by atoms with Gasteiger partial charge in [-0.3, -0.25) is 0 Å². The Bertz CT molecular complexity index is 409. The van der Waals surface area contributed by atoms with Crippen LogP contribution in [0, 0.1) is 0 Å². The molecule has 0 radical (unpaired) electrons. The molecule has 1 amide bonds. The number of rotatable bonds is 3. The molecule has 3 nitrogen and oxygen atoms in total. The Kier molecular flexibility index (Phi) is 3.37. The molecule has 2 aromatic rings. The molecule has 0 aliphatic rings. The number of amides is 1. The van der Waals surface area contributed by atoms with E-state index in [9.17, 15) is 4.79 Å². The molecule has 0 aliphatic carbocycles. The first-order valence-electron chi connectivity index (χ1n) is 4.35. The molecule has 0 bridgehead atoms. The highest BCUT2D eigenvalue weighted by molar-refractivity contribution is 7.11. The van der Waals surface area contributed by atoms with E-state index in [-0.39, 0.29) is 0 Å². The monoisotopic (exact) mass is 239 g/mol. The quantitative estimate of drug-likeness (QED) is 0.893. The predicted octanol–water partition coefficient (Wildman–Crippen LogP) is 3.10. The molecule has 2 heterocycles. The first-order valence-corrected chi connectivity index (χ1v) is 6.17. The van der Waals surface area contributed by atoms with Crippen LogP contribution < -0.4 is 10.1 Å². The minimum Gasteiger partial charge on any atom is -0.399 e. The molecular weight excluding hydrogens is 230 g/mol. The van der Waals surface area contributed by atoms with Gasteiger partial charge in [0, 0.05) is 6.54 Å². The van der Waals surface area contributed by atoms with Crippen molar-refractivity contribution in [3.05, 3.63) is 39.9 Å². The summed E-state index contributed by atoms with van der Waals surface area (Å²) < 4.78 is 5.02. The average molecular weight is 239 g/mol. The van der Waals surface area contributed by atoms with E-state index >= 15 is 0 Å². The van der Waals surface area contributed by atoms with E-state index < -0.39 is 6.09 Å². The van der Waals surface area contributed by atoms with Crippen molar-refractivity contribution in [3.63, 3.8) is 0 Å². The second kappa shape index (κ2) is 4.95. The third-order valence-electron chi connectivity index (χ3n) is 1.71. The summed E-state index contributed by atoms with van der Waals surface area (Å²) in [6.45, 7) is 0.508. The lowest BCUT2D eigenvalue weighted by Gasteiger charge is -2.02. The van der Waals surface area contributed by atoms with Crippen molar-refractivity contribution >= 4 is 28.8 Å². The Morgan fingerprint density at radius 1 is 1.40 bits per heavy atom. The summed E-state index contributed by atoms with van der Waals surface area (Å²) in [6, 6.07) is 5.57. The van der Waals surface area contributed by atoms with Crippen LogP contribution in [-0.4, -0.2) is 6.09 Å². The number of thiophene rings is 2. The highest BCUT2D eigenvalue weighted by atomic mass is 32.1. The fourth-order valence-corrected chi connectivity index (χ4v) is 2.26. The van der Waals surface area contributed by atoms with E-state index in [1.54, 1.807) is 17.4 Å². The van der Waals surface area contributed by atoms with Crippen molar-refractivity contribution in [2.75, 3.05) is 0 Å². The Balaban J connectivity index is 1.78. The molecule has 0 atom stereocenters. The molecule has 0 fully saturated rings. The first kappa shape index (κ1) is 10.2. The van der Waals surface area contributed by atoms with Gasteiger partial charge in [0.2, 0.25) is 0 Å². The Morgan fingerprint density at radius 3 is 3.00 bits per heavy atom. The van der Waals surface area contributed by atoms with Gasteiger partial charge < -0.3 is 10.1 Å². The number of ether oxygens (including phenoxy) is 1. The van der Waals surface area contributed by atoms with Crippen LogP contribution in [0.4, 0.5) is 4.79 Å². The third-order valence-corrected chi connectivity index (χ3v) is 3.18. The fraction of sp³-hybridized carbons (Fsp3) is 0.100. The molecule has 0 spiro atoms. The summed E-state index contributed by atoms with van der Waals surface area (Å²) >= 11 is 3.00. The average Bonchev–Trinajstić information content (AvgIpc) is 2.86. The second-order valence-corrected chi connectivity index (χ2v) is 4.50. The summed E-state index contributed by atoms with van der Waals surface area (Å²) in [5.74, 6) is 0. The lowest BCUT2D eigenvalue weighted by molar-refractivity contribution is 0.201. The molecule has 0 saturated heterocycles. The van der Waals surface area contributed by atoms with Crippen LogP contribution in [0.25, 0.3) is 0 Å². The maximum Gasteiger partial charge on any atom is 0.413 e. The van der Waals surface area contributed by atoms with E-state index in [0.717, 1.165) is 5.56 Å². The number of hydrogen-bond donors (Lipinski definition) is 1. The van der Waals surface area contributed by atoms with Crippen LogP contribution in [0.3, 0.4) is 0 Å². The third kappa shape index (κ3) is 3.07. The molecule has 0 aliphatic heterocycles. The van der Waals surface area contributed by atoms with Gasteiger partial charge in [-0.15, -0.1) is 11.3 Å². The summed E-state index contributed by atoms with van der Waals surface area (Å²) in [5, 5.41) is 9.11. The molecule has 0 unspecified atom stereocenters. The number of carbonyl (C=O) groups is 1. The largest absolute Gasteiger partial charge is 0.413 e. The molecule has 5 heteroatoms. The van der Waals surface area contributed by atoms with Gasteiger partial charge in [0.25, 0.3) is 0 Å². The van der Waals surface area contributed by atoms with E-state index in [1.807, 2.05) is 28.3 Å². The van der Waals surface area contributed by atoms with Crippen molar-refractivity contribution < 1.29 is 9.53 Å². The Labute approximate surface area is 95.3 Å². The summed E-state index contributed by atoms with van der Waals surface area (Å²) in [6.07, 6.45) is -0.413. The van der Waals surface area contributed by atoms with Crippen molar-refractivity contribution in [3.8, 4) is 5.06 Å². The maximum atomic E-state index is 11.3. The number of nitrogens with one attached hydrogen (secondary N) is 1. The van der Waals surface area contributed by atoms with Gasteiger partial charge in [-0.2, -0.15) is 11.3 Å². The van der Waals surface area contributed by atoms with Gasteiger partial charge in [0.05, 0.1) is 0 Å². The van der Waals surface area contributed by atoms with Gasteiger partial charge in [-0.1, -0.05) is 0 Å². The van der Waals surface area contributed by atoms with Gasteiger partial charge in [-0.05, 0) is 39.9 Å². The molecule has 0 aromatic carbocycles. The highest BCUT2D eigenvalue weighted by Gasteiger charge is 2.04. The van der Waals surface area contributed by atoms with E-state index in [0.29, 0.717) is 11.6 Å². The Morgan fingerprint density at radius 2 is 2.33 bits per heavy atom. The smallest absolute Gasteiger partial charge is 0.399 e. The highest BCUT2D eigenvalue weighted by Crippen LogP contribution is 2.18. The number of hydrogen-bond acceptors (Lipinski definition) is 4. The zero-order valence-electron chi connectivity index (χ0n) is 7.80. The van der Waals surface area contributed by atoms with Crippen LogP contribution in [0.2, 0.25) is 0 Å². The van der Waals surface area contributed by atoms with E-state index in [1.165, 1.54) is 11.3 Å². The molecule has 0 saturated carbocycles. The van der Waals surface area contributed by atoms with Gasteiger partial charge >= 0.3 is 6.09 Å². The zero-order chi connectivity index (χ0) is 10.5. The SMILES string of the molecule is O=C(NCc1ccsc1)Oc1cccs1. The predicted molar refractivity (Wildman–Crippen MR) is 61.5 cm³/mol. The fourth-order valence-electron chi connectivity index (χ4n) is 1.02. The summed E-state index contributed by atoms with van der Waals surface area (Å²) in [5.41, 5.74) is 1.09. The zero-order valence-corrected chi connectivity index (χ0v) is 9.44. The molecular formula is C10H9NO2S2. The normalized spacial score (nSPS) is 9.87. The van der Waals surface area contributed by atoms with Gasteiger partial charge in [0.15, 0.2) is 5.06 Å². The van der Waals surface area contributed by atoms with Crippen molar-refractivity contribution in [1.29, 1.82) is 0 Å². The van der Waals surface area contributed by atoms with Crippen LogP contribution in [0.15, 0.2) is 34.3 Å². The van der Waals surface area contributed by atoms with Crippen molar-refractivity contribution in [2.45, 2.75) is 6.54 Å². The summed E-state index contributed by atoms with van der Waals surface area (Å²) in [7, 11) is 0. The molecule has 78 valence electrons. The van der Waals surface area contributed by atoms with Gasteiger partial charge in [-0.25, -0.2) is 4.79 Å². The van der Waals surface area contributed by atoms with E-state index in [4.69, 9.17) is 4.74 Å². The van der Waals surface area contributed by atoms with Gasteiger partial charge in [0.1, 0.15) is 0 Å². The molecule has 2 rings (SSSR count). The van der Waals surface area contributed by atoms with Crippen molar-refractivity contribution in [2.24, 2.45) is 0 Å². The molecule has 1 N–H and O–H groups in total. The van der Waals surface area contributed by atoms with Crippen molar-refractivity contribution in [1.82, 2.24) is 5.32 Å². The second-order valence-electron chi connectivity index (χ2n) is 2.81. The molecule has 15 heavy (non-hydrogen) atoms. The maximum absolute atomic E-state index is 11.3.